The summed E-state index contributed by atoms with van der Waals surface area (Å²) in [5, 5.41) is 6.13. The molecule has 2 nitrogen and oxygen atoms in total. The molecule has 0 bridgehead atoms. The van der Waals surface area contributed by atoms with Crippen molar-refractivity contribution in [2.24, 2.45) is 0 Å². The molecule has 0 atom stereocenters. The summed E-state index contributed by atoms with van der Waals surface area (Å²) < 4.78 is 2.31. The van der Waals surface area contributed by atoms with Gasteiger partial charge in [0.1, 0.15) is 5.65 Å². The van der Waals surface area contributed by atoms with Gasteiger partial charge in [0.2, 0.25) is 0 Å². The first kappa shape index (κ1) is 25.6. The number of nitrogens with zero attached hydrogens (tertiary/aromatic N) is 2. The Morgan fingerprint density at radius 3 is 1.89 bits per heavy atom. The predicted octanol–water partition coefficient (Wildman–Crippen LogP) is 11.6. The molecule has 0 N–H and O–H groups in total. The van der Waals surface area contributed by atoms with E-state index >= 15 is 0 Å². The lowest BCUT2D eigenvalue weighted by Crippen LogP contribution is -2.14. The largest absolute Gasteiger partial charge is 0.292 e. The maximum absolute atomic E-state index is 5.07. The number of imidazole rings is 1. The van der Waals surface area contributed by atoms with Gasteiger partial charge in [0.05, 0.1) is 16.6 Å². The van der Waals surface area contributed by atoms with Crippen molar-refractivity contribution >= 4 is 49.1 Å². The van der Waals surface area contributed by atoms with Crippen molar-refractivity contribution < 1.29 is 0 Å². The summed E-state index contributed by atoms with van der Waals surface area (Å²) in [5.74, 6) is 0. The quantitative estimate of drug-likeness (QED) is 0.184. The van der Waals surface area contributed by atoms with Crippen LogP contribution in [0, 0.1) is 0 Å². The number of para-hydroxylation sites is 3. The molecule has 216 valence electrons. The maximum atomic E-state index is 5.07. The summed E-state index contributed by atoms with van der Waals surface area (Å²) in [6, 6.07) is 53.5. The molecule has 0 fully saturated rings. The fourth-order valence-corrected chi connectivity index (χ4v) is 7.98. The molecule has 10 rings (SSSR count). The number of benzene rings is 7. The molecule has 1 aliphatic rings. The Morgan fingerprint density at radius 2 is 1.07 bits per heavy atom. The van der Waals surface area contributed by atoms with Crippen molar-refractivity contribution in [3.8, 4) is 33.4 Å². The zero-order valence-corrected chi connectivity index (χ0v) is 25.8. The van der Waals surface area contributed by atoms with Crippen molar-refractivity contribution in [2.75, 3.05) is 0 Å². The second-order valence-electron chi connectivity index (χ2n) is 13.2. The van der Waals surface area contributed by atoms with Crippen LogP contribution >= 0.6 is 0 Å². The van der Waals surface area contributed by atoms with E-state index in [9.17, 15) is 0 Å². The van der Waals surface area contributed by atoms with Gasteiger partial charge in [0.15, 0.2) is 0 Å². The molecule has 0 unspecified atom stereocenters. The first-order valence-electron chi connectivity index (χ1n) is 16.1. The molecule has 2 heterocycles. The molecule has 0 spiro atoms. The van der Waals surface area contributed by atoms with Gasteiger partial charge in [-0.15, -0.1) is 0 Å². The summed E-state index contributed by atoms with van der Waals surface area (Å²) in [5.41, 5.74) is 14.8. The number of pyridine rings is 1. The van der Waals surface area contributed by atoms with E-state index in [1.54, 1.807) is 0 Å². The molecule has 2 aromatic heterocycles. The van der Waals surface area contributed by atoms with Crippen LogP contribution in [0.4, 0.5) is 0 Å². The van der Waals surface area contributed by atoms with Crippen LogP contribution in [0.3, 0.4) is 0 Å². The maximum Gasteiger partial charge on any atom is 0.146 e. The Balaban J connectivity index is 1.07. The van der Waals surface area contributed by atoms with Crippen molar-refractivity contribution in [3.63, 3.8) is 0 Å². The van der Waals surface area contributed by atoms with Crippen molar-refractivity contribution in [2.45, 2.75) is 19.3 Å². The molecule has 0 saturated heterocycles. The Morgan fingerprint density at radius 1 is 0.457 bits per heavy atom. The normalized spacial score (nSPS) is 13.6. The molecule has 46 heavy (non-hydrogen) atoms. The van der Waals surface area contributed by atoms with Crippen molar-refractivity contribution in [1.82, 2.24) is 9.38 Å². The minimum atomic E-state index is -0.00426. The third-order valence-corrected chi connectivity index (χ3v) is 10.3. The van der Waals surface area contributed by atoms with Crippen LogP contribution in [0.2, 0.25) is 0 Å². The van der Waals surface area contributed by atoms with E-state index in [2.05, 4.69) is 164 Å². The summed E-state index contributed by atoms with van der Waals surface area (Å²) in [4.78, 5) is 5.07. The molecule has 0 radical (unpaired) electrons. The molecule has 2 heteroatoms. The Bertz CT molecular complexity index is 2730. The molecule has 1 aliphatic carbocycles. The molecule has 0 amide bonds. The summed E-state index contributed by atoms with van der Waals surface area (Å²) in [6.07, 6.45) is 0. The van der Waals surface area contributed by atoms with Gasteiger partial charge in [0, 0.05) is 16.2 Å². The fraction of sp³-hybridized carbons (Fsp3) is 0.0682. The van der Waals surface area contributed by atoms with E-state index < -0.39 is 0 Å². The Kier molecular flexibility index (Phi) is 5.09. The van der Waals surface area contributed by atoms with Crippen LogP contribution in [0.15, 0.2) is 146 Å². The van der Waals surface area contributed by atoms with Crippen molar-refractivity contribution in [3.05, 3.63) is 157 Å². The van der Waals surface area contributed by atoms with Crippen LogP contribution in [0.5, 0.6) is 0 Å². The second-order valence-corrected chi connectivity index (χ2v) is 13.2. The summed E-state index contributed by atoms with van der Waals surface area (Å²) in [7, 11) is 0. The number of aromatic nitrogens is 2. The highest BCUT2D eigenvalue weighted by molar-refractivity contribution is 6.14. The molecule has 0 aliphatic heterocycles. The van der Waals surface area contributed by atoms with E-state index in [1.807, 2.05) is 0 Å². The van der Waals surface area contributed by atoms with Gasteiger partial charge in [0.25, 0.3) is 0 Å². The van der Waals surface area contributed by atoms with Crippen LogP contribution < -0.4 is 0 Å². The highest BCUT2D eigenvalue weighted by Crippen LogP contribution is 2.49. The number of hydrogen-bond donors (Lipinski definition) is 0. The highest BCUT2D eigenvalue weighted by Gasteiger charge is 2.35. The van der Waals surface area contributed by atoms with Crippen LogP contribution in [-0.2, 0) is 5.41 Å². The zero-order valence-electron chi connectivity index (χ0n) is 25.8. The topological polar surface area (TPSA) is 17.3 Å². The number of fused-ring (bicyclic) bond motifs is 12. The minimum absolute atomic E-state index is 0.00426. The standard InChI is InChI=1S/C44H30N2/c1-44(2)38-11-5-3-9-33(38)34-21-19-32(26-39(34)44)30-18-16-27-23-29(17-15-28(27)24-30)31-20-22-36-37(25-31)35-10-4-7-13-41(35)46-42-14-8-6-12-40(42)45-43(36)46/h3-26H,1-2H3. The van der Waals surface area contributed by atoms with Crippen LogP contribution in [-0.4, -0.2) is 9.38 Å². The van der Waals surface area contributed by atoms with E-state index in [-0.39, 0.29) is 5.41 Å². The fourth-order valence-electron chi connectivity index (χ4n) is 7.98. The molecule has 0 saturated carbocycles. The highest BCUT2D eigenvalue weighted by atomic mass is 15.0. The molecule has 7 aromatic carbocycles. The second kappa shape index (κ2) is 9.15. The minimum Gasteiger partial charge on any atom is -0.292 e. The average molecular weight is 587 g/mol. The van der Waals surface area contributed by atoms with E-state index in [0.29, 0.717) is 0 Å². The van der Waals surface area contributed by atoms with Gasteiger partial charge >= 0.3 is 0 Å². The van der Waals surface area contributed by atoms with Crippen LogP contribution in [0.1, 0.15) is 25.0 Å². The Hall–Kier alpha value is -5.73. The van der Waals surface area contributed by atoms with Gasteiger partial charge in [-0.3, -0.25) is 4.40 Å². The van der Waals surface area contributed by atoms with Gasteiger partial charge in [-0.2, -0.15) is 0 Å². The number of rotatable bonds is 2. The lowest BCUT2D eigenvalue weighted by atomic mass is 9.81. The van der Waals surface area contributed by atoms with Gasteiger partial charge in [-0.1, -0.05) is 111 Å². The van der Waals surface area contributed by atoms with E-state index in [1.165, 1.54) is 77.0 Å². The first-order chi connectivity index (χ1) is 22.5. The monoisotopic (exact) mass is 586 g/mol. The smallest absolute Gasteiger partial charge is 0.146 e. The summed E-state index contributed by atoms with van der Waals surface area (Å²) in [6.45, 7) is 4.69. The van der Waals surface area contributed by atoms with Gasteiger partial charge in [-0.05, 0) is 109 Å². The van der Waals surface area contributed by atoms with E-state index in [0.717, 1.165) is 16.7 Å². The van der Waals surface area contributed by atoms with Gasteiger partial charge in [-0.25, -0.2) is 4.98 Å². The lowest BCUT2D eigenvalue weighted by Gasteiger charge is -2.22. The average Bonchev–Trinajstić information content (AvgIpc) is 3.61. The third kappa shape index (κ3) is 3.50. The third-order valence-electron chi connectivity index (χ3n) is 10.3. The molecule has 9 aromatic rings. The Labute approximate surface area is 267 Å². The number of hydrogen-bond acceptors (Lipinski definition) is 1. The molecular weight excluding hydrogens is 556 g/mol. The van der Waals surface area contributed by atoms with Gasteiger partial charge < -0.3 is 0 Å². The predicted molar refractivity (Wildman–Crippen MR) is 194 cm³/mol. The first-order valence-corrected chi connectivity index (χ1v) is 16.1. The zero-order chi connectivity index (χ0) is 30.6. The van der Waals surface area contributed by atoms with Crippen molar-refractivity contribution in [1.29, 1.82) is 0 Å². The molecular formula is C44H30N2. The lowest BCUT2D eigenvalue weighted by molar-refractivity contribution is 0.660. The van der Waals surface area contributed by atoms with E-state index in [4.69, 9.17) is 4.98 Å². The summed E-state index contributed by atoms with van der Waals surface area (Å²) >= 11 is 0. The van der Waals surface area contributed by atoms with Crippen LogP contribution in [0.25, 0.3) is 82.5 Å². The SMILES string of the molecule is CC1(C)c2ccccc2-c2ccc(-c3ccc4cc(-c5ccc6c(c5)c5ccccc5n5c7ccccc7nc65)ccc4c3)cc21.